The molecule has 0 spiro atoms. The topological polar surface area (TPSA) is 105 Å². The first-order valence-electron chi connectivity index (χ1n) is 11.9. The number of piperidine rings is 1. The molecule has 0 aliphatic carbocycles. The van der Waals surface area contributed by atoms with Gasteiger partial charge in [0.1, 0.15) is 17.9 Å². The van der Waals surface area contributed by atoms with Crippen LogP contribution in [0.3, 0.4) is 0 Å². The van der Waals surface area contributed by atoms with Crippen LogP contribution < -0.4 is 10.1 Å². The van der Waals surface area contributed by atoms with Crippen molar-refractivity contribution in [1.29, 1.82) is 0 Å². The van der Waals surface area contributed by atoms with Crippen molar-refractivity contribution in [3.63, 3.8) is 0 Å². The van der Waals surface area contributed by atoms with Crippen LogP contribution in [0.4, 0.5) is 0 Å². The first-order valence-corrected chi connectivity index (χ1v) is 11.9. The molecule has 3 aliphatic heterocycles. The molecule has 2 unspecified atom stereocenters. The summed E-state index contributed by atoms with van der Waals surface area (Å²) in [6.45, 7) is 2.76. The molecular weight excluding hydrogens is 446 g/mol. The van der Waals surface area contributed by atoms with Crippen LogP contribution >= 0.6 is 0 Å². The number of carbonyl (C=O) groups excluding carboxylic acids is 3. The van der Waals surface area contributed by atoms with Gasteiger partial charge in [-0.15, -0.1) is 0 Å². The van der Waals surface area contributed by atoms with Crippen LogP contribution in [0.1, 0.15) is 40.9 Å². The number of nitrogens with one attached hydrogen (secondary N) is 1. The largest absolute Gasteiger partial charge is 0.489 e. The van der Waals surface area contributed by atoms with E-state index >= 15 is 0 Å². The number of hydrogen-bond donors (Lipinski definition) is 1. The number of nitrogens with zero attached hydrogens (tertiary/aromatic N) is 4. The summed E-state index contributed by atoms with van der Waals surface area (Å²) in [5.74, 6) is -0.144. The monoisotopic (exact) mass is 471 g/mol. The molecule has 2 aromatic carbocycles. The summed E-state index contributed by atoms with van der Waals surface area (Å²) in [7, 11) is 0. The van der Waals surface area contributed by atoms with Crippen molar-refractivity contribution in [1.82, 2.24) is 25.1 Å². The number of amides is 3. The Morgan fingerprint density at radius 1 is 1.06 bits per heavy atom. The first kappa shape index (κ1) is 21.7. The Labute approximate surface area is 202 Å². The summed E-state index contributed by atoms with van der Waals surface area (Å²) in [6.07, 6.45) is 3.38. The maximum Gasteiger partial charge on any atom is 0.255 e. The van der Waals surface area contributed by atoms with Crippen molar-refractivity contribution >= 4 is 28.8 Å². The normalized spacial score (nSPS) is 22.5. The molecular formula is C26H25N5O4. The standard InChI is InChI=1S/C26H25N5O4/c32-24-8-7-23(25(33)29-24)31-13-16-11-18(5-6-20(16)26(31)34)35-19-9-10-30(15-19)14-17-12-27-21-3-1-2-4-22(21)28-17/h1-6,11-12,19,23H,7-10,13-15H2,(H,29,32,33). The minimum atomic E-state index is -0.612. The number of para-hydroxylation sites is 2. The molecule has 2 atom stereocenters. The van der Waals surface area contributed by atoms with E-state index in [9.17, 15) is 14.4 Å². The molecule has 35 heavy (non-hydrogen) atoms. The van der Waals surface area contributed by atoms with E-state index in [2.05, 4.69) is 15.2 Å². The van der Waals surface area contributed by atoms with Crippen molar-refractivity contribution in [2.24, 2.45) is 0 Å². The van der Waals surface area contributed by atoms with E-state index in [1.807, 2.05) is 42.6 Å². The zero-order valence-electron chi connectivity index (χ0n) is 19.1. The van der Waals surface area contributed by atoms with E-state index in [-0.39, 0.29) is 24.3 Å². The fourth-order valence-corrected chi connectivity index (χ4v) is 5.15. The summed E-state index contributed by atoms with van der Waals surface area (Å²) in [5.41, 5.74) is 4.17. The second-order valence-electron chi connectivity index (χ2n) is 9.33. The van der Waals surface area contributed by atoms with Gasteiger partial charge >= 0.3 is 0 Å². The number of rotatable bonds is 5. The summed E-state index contributed by atoms with van der Waals surface area (Å²) in [4.78, 5) is 49.7. The van der Waals surface area contributed by atoms with Crippen LogP contribution in [0.15, 0.2) is 48.7 Å². The van der Waals surface area contributed by atoms with Crippen molar-refractivity contribution in [2.75, 3.05) is 13.1 Å². The third-order valence-corrected chi connectivity index (χ3v) is 6.91. The molecule has 1 N–H and O–H groups in total. The Balaban J connectivity index is 1.08. The summed E-state index contributed by atoms with van der Waals surface area (Å²) in [5, 5.41) is 2.33. The molecule has 3 amide bonds. The Kier molecular flexibility index (Phi) is 5.41. The lowest BCUT2D eigenvalue weighted by atomic mass is 10.0. The molecule has 0 bridgehead atoms. The highest BCUT2D eigenvalue weighted by Gasteiger charge is 2.39. The highest BCUT2D eigenvalue weighted by Crippen LogP contribution is 2.31. The van der Waals surface area contributed by atoms with Crippen molar-refractivity contribution in [3.05, 3.63) is 65.5 Å². The first-order chi connectivity index (χ1) is 17.0. The van der Waals surface area contributed by atoms with Gasteiger partial charge in [-0.2, -0.15) is 0 Å². The minimum absolute atomic E-state index is 0.0461. The Morgan fingerprint density at radius 2 is 1.91 bits per heavy atom. The molecule has 1 aromatic heterocycles. The van der Waals surface area contributed by atoms with E-state index in [4.69, 9.17) is 9.72 Å². The zero-order valence-corrected chi connectivity index (χ0v) is 19.1. The van der Waals surface area contributed by atoms with Gasteiger partial charge in [-0.05, 0) is 48.7 Å². The quantitative estimate of drug-likeness (QED) is 0.568. The second kappa shape index (κ2) is 8.74. The predicted molar refractivity (Wildman–Crippen MR) is 126 cm³/mol. The van der Waals surface area contributed by atoms with Gasteiger partial charge in [0.2, 0.25) is 11.8 Å². The van der Waals surface area contributed by atoms with Crippen LogP contribution in [-0.4, -0.2) is 62.7 Å². The second-order valence-corrected chi connectivity index (χ2v) is 9.33. The van der Waals surface area contributed by atoms with Gasteiger partial charge in [0.15, 0.2) is 0 Å². The van der Waals surface area contributed by atoms with Gasteiger partial charge < -0.3 is 9.64 Å². The lowest BCUT2D eigenvalue weighted by molar-refractivity contribution is -0.136. The highest BCUT2D eigenvalue weighted by molar-refractivity contribution is 6.05. The maximum absolute atomic E-state index is 12.9. The summed E-state index contributed by atoms with van der Waals surface area (Å²) < 4.78 is 6.26. The van der Waals surface area contributed by atoms with Gasteiger partial charge in [-0.25, -0.2) is 4.98 Å². The number of imide groups is 1. The van der Waals surface area contributed by atoms with Crippen molar-refractivity contribution < 1.29 is 19.1 Å². The number of benzene rings is 2. The predicted octanol–water partition coefficient (Wildman–Crippen LogP) is 2.04. The van der Waals surface area contributed by atoms with Crippen LogP contribution in [-0.2, 0) is 22.7 Å². The number of ether oxygens (including phenoxy) is 1. The van der Waals surface area contributed by atoms with Crippen LogP contribution in [0.25, 0.3) is 11.0 Å². The average Bonchev–Trinajstić information content (AvgIpc) is 3.42. The number of carbonyl (C=O) groups is 3. The zero-order chi connectivity index (χ0) is 23.9. The molecule has 9 heteroatoms. The number of hydrogen-bond acceptors (Lipinski definition) is 7. The summed E-state index contributed by atoms with van der Waals surface area (Å²) >= 11 is 0. The van der Waals surface area contributed by atoms with E-state index in [1.165, 1.54) is 0 Å². The van der Waals surface area contributed by atoms with E-state index < -0.39 is 11.9 Å². The number of likely N-dealkylation sites (tertiary alicyclic amines) is 1. The van der Waals surface area contributed by atoms with E-state index in [0.29, 0.717) is 18.5 Å². The summed E-state index contributed by atoms with van der Waals surface area (Å²) in [6, 6.07) is 12.7. The molecule has 2 fully saturated rings. The lowest BCUT2D eigenvalue weighted by Gasteiger charge is -2.29. The lowest BCUT2D eigenvalue weighted by Crippen LogP contribution is -2.52. The fraction of sp³-hybridized carbons (Fsp3) is 0.346. The van der Waals surface area contributed by atoms with E-state index in [1.54, 1.807) is 11.0 Å². The van der Waals surface area contributed by atoms with Gasteiger partial charge in [0.25, 0.3) is 5.91 Å². The maximum atomic E-state index is 12.9. The Morgan fingerprint density at radius 3 is 2.77 bits per heavy atom. The molecule has 9 nitrogen and oxygen atoms in total. The molecule has 0 radical (unpaired) electrons. The highest BCUT2D eigenvalue weighted by atomic mass is 16.5. The van der Waals surface area contributed by atoms with Gasteiger partial charge in [-0.3, -0.25) is 29.6 Å². The van der Waals surface area contributed by atoms with Gasteiger partial charge in [0.05, 0.1) is 22.9 Å². The molecule has 3 aromatic rings. The third-order valence-electron chi connectivity index (χ3n) is 6.91. The van der Waals surface area contributed by atoms with Crippen LogP contribution in [0.2, 0.25) is 0 Å². The number of fused-ring (bicyclic) bond motifs is 2. The number of aromatic nitrogens is 2. The Hall–Kier alpha value is -3.85. The molecule has 178 valence electrons. The fourth-order valence-electron chi connectivity index (χ4n) is 5.15. The smallest absolute Gasteiger partial charge is 0.255 e. The molecule has 2 saturated heterocycles. The average molecular weight is 472 g/mol. The van der Waals surface area contributed by atoms with E-state index in [0.717, 1.165) is 54.1 Å². The molecule has 3 aliphatic rings. The minimum Gasteiger partial charge on any atom is -0.489 e. The Bertz CT molecular complexity index is 1340. The SMILES string of the molecule is O=C1CCC(N2Cc3cc(OC4CCN(Cc5cnc6ccccc6n5)C4)ccc3C2=O)C(=O)N1. The van der Waals surface area contributed by atoms with Crippen molar-refractivity contribution in [3.8, 4) is 5.75 Å². The van der Waals surface area contributed by atoms with Crippen LogP contribution in [0, 0.1) is 0 Å². The van der Waals surface area contributed by atoms with Crippen molar-refractivity contribution in [2.45, 2.75) is 44.5 Å². The molecule has 0 saturated carbocycles. The van der Waals surface area contributed by atoms with Crippen LogP contribution in [0.5, 0.6) is 5.75 Å². The third kappa shape index (κ3) is 4.23. The molecule has 4 heterocycles. The van der Waals surface area contributed by atoms with Gasteiger partial charge in [-0.1, -0.05) is 12.1 Å². The van der Waals surface area contributed by atoms with Gasteiger partial charge in [0, 0.05) is 38.2 Å². The molecule has 6 rings (SSSR count).